The van der Waals surface area contributed by atoms with E-state index in [-0.39, 0.29) is 21.9 Å². The molecule has 1 amide bonds. The number of hydrogen-bond donors (Lipinski definition) is 2. The maximum Gasteiger partial charge on any atom is 0.265 e. The Morgan fingerprint density at radius 1 is 0.929 bits per heavy atom. The quantitative estimate of drug-likeness (QED) is 0.187. The van der Waals surface area contributed by atoms with Crippen LogP contribution >= 0.6 is 11.6 Å². The summed E-state index contributed by atoms with van der Waals surface area (Å²) in [5, 5.41) is 5.13. The number of hydrogen-bond acceptors (Lipinski definition) is 7. The van der Waals surface area contributed by atoms with Crippen LogP contribution in [-0.2, 0) is 21.4 Å². The van der Waals surface area contributed by atoms with Gasteiger partial charge in [0, 0.05) is 41.5 Å². The van der Waals surface area contributed by atoms with Gasteiger partial charge in [-0.3, -0.25) is 14.8 Å². The summed E-state index contributed by atoms with van der Waals surface area (Å²) in [4.78, 5) is 25.6. The molecule has 0 saturated heterocycles. The minimum absolute atomic E-state index is 0.0506. The molecule has 0 unspecified atom stereocenters. The van der Waals surface area contributed by atoms with Crippen LogP contribution in [0.15, 0.2) is 96.3 Å². The number of nitrogens with zero attached hydrogens (tertiary/aromatic N) is 3. The van der Waals surface area contributed by atoms with Crippen molar-refractivity contribution in [3.63, 3.8) is 0 Å². The average molecular weight is 600 g/mol. The Bertz CT molecular complexity index is 1860. The first-order valence-corrected chi connectivity index (χ1v) is 15.2. The molecule has 214 valence electrons. The Hall–Kier alpha value is -4.34. The number of amides is 1. The van der Waals surface area contributed by atoms with Gasteiger partial charge in [0.2, 0.25) is 5.91 Å². The largest absolute Gasteiger partial charge is 0.364 e. The van der Waals surface area contributed by atoms with Crippen molar-refractivity contribution in [2.24, 2.45) is 5.41 Å². The summed E-state index contributed by atoms with van der Waals surface area (Å²) < 4.78 is 28.4. The highest BCUT2D eigenvalue weighted by molar-refractivity contribution is 7.90. The maximum absolute atomic E-state index is 13.1. The molecular formula is C32H30ClN5O3S. The van der Waals surface area contributed by atoms with E-state index in [2.05, 4.69) is 20.0 Å². The van der Waals surface area contributed by atoms with Crippen molar-refractivity contribution >= 4 is 44.1 Å². The number of sulfonamides is 1. The van der Waals surface area contributed by atoms with Crippen molar-refractivity contribution in [3.8, 4) is 22.3 Å². The Morgan fingerprint density at radius 2 is 1.69 bits per heavy atom. The van der Waals surface area contributed by atoms with Crippen LogP contribution in [0.25, 0.3) is 33.0 Å². The Kier molecular flexibility index (Phi) is 8.24. The summed E-state index contributed by atoms with van der Waals surface area (Å²) in [6, 6.07) is 22.9. The van der Waals surface area contributed by atoms with E-state index in [9.17, 15) is 13.2 Å². The first-order chi connectivity index (χ1) is 20.0. The lowest BCUT2D eigenvalue weighted by Gasteiger charge is -2.18. The number of aromatic nitrogens is 3. The second kappa shape index (κ2) is 11.9. The highest BCUT2D eigenvalue weighted by atomic mass is 35.5. The van der Waals surface area contributed by atoms with Gasteiger partial charge < -0.3 is 5.32 Å². The molecule has 5 rings (SSSR count). The van der Waals surface area contributed by atoms with Gasteiger partial charge in [-0.05, 0) is 40.1 Å². The topological polar surface area (TPSA) is 114 Å². The molecule has 0 aliphatic carbocycles. The molecule has 0 spiro atoms. The Labute approximate surface area is 250 Å². The smallest absolute Gasteiger partial charge is 0.265 e. The van der Waals surface area contributed by atoms with E-state index in [0.29, 0.717) is 23.5 Å². The fourth-order valence-corrected chi connectivity index (χ4v) is 5.97. The first-order valence-electron chi connectivity index (χ1n) is 13.3. The van der Waals surface area contributed by atoms with Gasteiger partial charge >= 0.3 is 0 Å². The molecule has 2 aromatic carbocycles. The molecule has 3 heterocycles. The summed E-state index contributed by atoms with van der Waals surface area (Å²) >= 11 is 6.83. The highest BCUT2D eigenvalue weighted by Gasteiger charge is 2.24. The van der Waals surface area contributed by atoms with Crippen LogP contribution in [0.1, 0.15) is 32.9 Å². The summed E-state index contributed by atoms with van der Waals surface area (Å²) in [5.41, 5.74) is 3.34. The number of benzene rings is 2. The van der Waals surface area contributed by atoms with E-state index >= 15 is 0 Å². The number of anilines is 1. The van der Waals surface area contributed by atoms with E-state index in [1.807, 2.05) is 87.5 Å². The van der Waals surface area contributed by atoms with E-state index in [1.165, 1.54) is 18.5 Å². The molecule has 0 radical (unpaired) electrons. The van der Waals surface area contributed by atoms with Crippen LogP contribution in [0.4, 0.5) is 5.82 Å². The molecule has 0 bridgehead atoms. The normalized spacial score (nSPS) is 11.8. The third-order valence-corrected chi connectivity index (χ3v) is 8.10. The summed E-state index contributed by atoms with van der Waals surface area (Å²) in [7, 11) is -4.17. The van der Waals surface area contributed by atoms with Crippen molar-refractivity contribution in [2.75, 3.05) is 5.32 Å². The zero-order valence-electron chi connectivity index (χ0n) is 23.4. The van der Waals surface area contributed by atoms with Crippen molar-refractivity contribution in [2.45, 2.75) is 38.6 Å². The van der Waals surface area contributed by atoms with Crippen molar-refractivity contribution in [1.29, 1.82) is 0 Å². The van der Waals surface area contributed by atoms with Crippen LogP contribution in [0, 0.1) is 5.41 Å². The molecule has 2 N–H and O–H groups in total. The second-order valence-electron chi connectivity index (χ2n) is 11.1. The molecule has 5 aromatic rings. The monoisotopic (exact) mass is 599 g/mol. The Morgan fingerprint density at radius 3 is 2.40 bits per heavy atom. The molecule has 0 atom stereocenters. The molecule has 0 aliphatic heterocycles. The van der Waals surface area contributed by atoms with Gasteiger partial charge in [-0.1, -0.05) is 87.0 Å². The van der Waals surface area contributed by atoms with Crippen LogP contribution in [0.5, 0.6) is 0 Å². The number of carbonyl (C=O) groups excluding carboxylic acids is 1. The fraction of sp³-hybridized carbons (Fsp3) is 0.188. The third kappa shape index (κ3) is 6.58. The van der Waals surface area contributed by atoms with E-state index in [1.54, 1.807) is 6.20 Å². The number of halogens is 1. The van der Waals surface area contributed by atoms with Crippen LogP contribution < -0.4 is 10.0 Å². The van der Waals surface area contributed by atoms with Gasteiger partial charge in [0.25, 0.3) is 10.0 Å². The predicted octanol–water partition coefficient (Wildman–Crippen LogP) is 6.87. The molecule has 0 aliphatic rings. The summed E-state index contributed by atoms with van der Waals surface area (Å²) in [5.74, 6) is -0.0241. The number of rotatable bonds is 8. The van der Waals surface area contributed by atoms with Crippen LogP contribution in [-0.4, -0.2) is 29.3 Å². The number of nitrogens with one attached hydrogen (secondary N) is 2. The fourth-order valence-electron chi connectivity index (χ4n) is 4.70. The van der Waals surface area contributed by atoms with Gasteiger partial charge in [-0.15, -0.1) is 0 Å². The maximum atomic E-state index is 13.1. The minimum Gasteiger partial charge on any atom is -0.364 e. The molecule has 42 heavy (non-hydrogen) atoms. The standard InChI is InChI=1S/C32H30ClN5O3S/c1-32(2,3)17-27(39)38-42(40,41)24-16-22(18-34-20-24)28-26-14-9-13-25(21-10-5-4-6-11-21)29(26)31(37-30(28)33)36-19-23-12-7-8-15-35-23/h4-16,18,20H,17,19H2,1-3H3,(H,36,37)(H,38,39). The molecule has 8 nitrogen and oxygen atoms in total. The van der Waals surface area contributed by atoms with Gasteiger partial charge in [0.05, 0.1) is 12.2 Å². The number of fused-ring (bicyclic) bond motifs is 1. The lowest BCUT2D eigenvalue weighted by molar-refractivity contribution is -0.121. The second-order valence-corrected chi connectivity index (χ2v) is 13.1. The van der Waals surface area contributed by atoms with Gasteiger partial charge in [-0.25, -0.2) is 18.1 Å². The van der Waals surface area contributed by atoms with Gasteiger partial charge in [0.1, 0.15) is 15.9 Å². The van der Waals surface area contributed by atoms with Crippen LogP contribution in [0.3, 0.4) is 0 Å². The lowest BCUT2D eigenvalue weighted by atomic mass is 9.92. The Balaban J connectivity index is 1.63. The van der Waals surface area contributed by atoms with E-state index in [4.69, 9.17) is 16.6 Å². The van der Waals surface area contributed by atoms with Crippen molar-refractivity contribution in [3.05, 3.63) is 102 Å². The molecular weight excluding hydrogens is 570 g/mol. The lowest BCUT2D eigenvalue weighted by Crippen LogP contribution is -2.33. The third-order valence-electron chi connectivity index (χ3n) is 6.49. The van der Waals surface area contributed by atoms with Crippen molar-refractivity contribution in [1.82, 2.24) is 19.7 Å². The minimum atomic E-state index is -4.17. The number of carbonyl (C=O) groups is 1. The SMILES string of the molecule is CC(C)(C)CC(=O)NS(=O)(=O)c1cncc(-c2c(Cl)nc(NCc3ccccn3)c3c(-c4ccccc4)cccc23)c1. The molecule has 0 saturated carbocycles. The molecule has 10 heteroatoms. The van der Waals surface area contributed by atoms with Crippen LogP contribution in [0.2, 0.25) is 5.15 Å². The van der Waals surface area contributed by atoms with Gasteiger partial charge in [0.15, 0.2) is 0 Å². The zero-order chi connectivity index (χ0) is 29.9. The van der Waals surface area contributed by atoms with Gasteiger partial charge in [-0.2, -0.15) is 0 Å². The van der Waals surface area contributed by atoms with Crippen molar-refractivity contribution < 1.29 is 13.2 Å². The first kappa shape index (κ1) is 29.2. The van der Waals surface area contributed by atoms with E-state index in [0.717, 1.165) is 27.6 Å². The molecule has 0 fully saturated rings. The average Bonchev–Trinajstić information content (AvgIpc) is 2.95. The number of pyridine rings is 3. The highest BCUT2D eigenvalue weighted by Crippen LogP contribution is 2.42. The molecule has 3 aromatic heterocycles. The summed E-state index contributed by atoms with van der Waals surface area (Å²) in [6.45, 7) is 6.01. The predicted molar refractivity (Wildman–Crippen MR) is 166 cm³/mol. The zero-order valence-corrected chi connectivity index (χ0v) is 25.0. The summed E-state index contributed by atoms with van der Waals surface area (Å²) in [6.07, 6.45) is 4.52. The van der Waals surface area contributed by atoms with E-state index < -0.39 is 15.9 Å².